The van der Waals surface area contributed by atoms with Crippen molar-refractivity contribution in [2.24, 2.45) is 11.3 Å². The van der Waals surface area contributed by atoms with Gasteiger partial charge in [0, 0.05) is 36.8 Å². The van der Waals surface area contributed by atoms with Crippen molar-refractivity contribution < 1.29 is 22.8 Å². The van der Waals surface area contributed by atoms with Gasteiger partial charge in [-0.25, -0.2) is 15.0 Å². The largest absolute Gasteiger partial charge is 0.417 e. The van der Waals surface area contributed by atoms with E-state index in [4.69, 9.17) is 11.6 Å². The van der Waals surface area contributed by atoms with Gasteiger partial charge in [0.2, 0.25) is 11.9 Å². The highest BCUT2D eigenvalue weighted by atomic mass is 35.5. The molecular weight excluding hydrogens is 461 g/mol. The number of aromatic nitrogens is 3. The average Bonchev–Trinajstić information content (AvgIpc) is 3.67. The van der Waals surface area contributed by atoms with Crippen LogP contribution in [0.4, 0.5) is 24.9 Å². The first kappa shape index (κ1) is 21.9. The molecule has 174 valence electrons. The summed E-state index contributed by atoms with van der Waals surface area (Å²) in [6.45, 7) is 0.892. The van der Waals surface area contributed by atoms with Gasteiger partial charge in [-0.2, -0.15) is 13.2 Å². The zero-order valence-electron chi connectivity index (χ0n) is 17.3. The number of nitrogens with one attached hydrogen (secondary N) is 2. The summed E-state index contributed by atoms with van der Waals surface area (Å²) in [5.41, 5.74) is -0.967. The summed E-state index contributed by atoms with van der Waals surface area (Å²) < 4.78 is 38.8. The Labute approximate surface area is 191 Å². The lowest BCUT2D eigenvalue weighted by Gasteiger charge is -2.20. The second-order valence-corrected chi connectivity index (χ2v) is 9.23. The molecule has 12 heteroatoms. The van der Waals surface area contributed by atoms with Gasteiger partial charge in [-0.05, 0) is 37.8 Å². The van der Waals surface area contributed by atoms with E-state index in [2.05, 4.69) is 25.6 Å². The van der Waals surface area contributed by atoms with Crippen molar-refractivity contribution in [3.05, 3.63) is 40.8 Å². The molecule has 3 fully saturated rings. The Balaban J connectivity index is 1.28. The van der Waals surface area contributed by atoms with E-state index in [-0.39, 0.29) is 45.8 Å². The molecule has 1 aliphatic heterocycles. The summed E-state index contributed by atoms with van der Waals surface area (Å²) >= 11 is 6.12. The minimum atomic E-state index is -4.52. The molecular formula is C21H20ClF3N6O2. The van der Waals surface area contributed by atoms with Gasteiger partial charge < -0.3 is 10.2 Å². The highest BCUT2D eigenvalue weighted by Crippen LogP contribution is 2.54. The molecule has 2 aromatic rings. The Morgan fingerprint density at radius 2 is 1.97 bits per heavy atom. The van der Waals surface area contributed by atoms with Crippen LogP contribution in [0.5, 0.6) is 0 Å². The molecule has 1 spiro atoms. The summed E-state index contributed by atoms with van der Waals surface area (Å²) in [6, 6.07) is 2.08. The number of hydrogen-bond donors (Lipinski definition) is 2. The third-order valence-corrected chi connectivity index (χ3v) is 6.64. The van der Waals surface area contributed by atoms with E-state index in [1.54, 1.807) is 0 Å². The van der Waals surface area contributed by atoms with Crippen molar-refractivity contribution in [2.45, 2.75) is 37.9 Å². The van der Waals surface area contributed by atoms with E-state index in [1.807, 2.05) is 4.90 Å². The zero-order chi connectivity index (χ0) is 23.4. The van der Waals surface area contributed by atoms with Crippen molar-refractivity contribution in [1.29, 1.82) is 0 Å². The second-order valence-electron chi connectivity index (χ2n) is 8.83. The molecule has 0 radical (unpaired) electrons. The van der Waals surface area contributed by atoms with Crippen LogP contribution in [-0.4, -0.2) is 45.9 Å². The van der Waals surface area contributed by atoms with E-state index in [0.29, 0.717) is 13.1 Å². The summed E-state index contributed by atoms with van der Waals surface area (Å²) in [7, 11) is 0. The quantitative estimate of drug-likeness (QED) is 0.681. The number of anilines is 2. The van der Waals surface area contributed by atoms with Crippen molar-refractivity contribution in [2.75, 3.05) is 23.3 Å². The van der Waals surface area contributed by atoms with E-state index >= 15 is 0 Å². The first-order valence-electron chi connectivity index (χ1n) is 10.6. The Bertz CT molecular complexity index is 1120. The third kappa shape index (κ3) is 4.46. The van der Waals surface area contributed by atoms with Gasteiger partial charge in [0.1, 0.15) is 11.5 Å². The van der Waals surface area contributed by atoms with Crippen LogP contribution in [0.1, 0.15) is 41.7 Å². The zero-order valence-corrected chi connectivity index (χ0v) is 18.1. The molecule has 8 nitrogen and oxygen atoms in total. The highest BCUT2D eigenvalue weighted by Gasteiger charge is 2.56. The average molecular weight is 481 g/mol. The van der Waals surface area contributed by atoms with Crippen LogP contribution in [0.15, 0.2) is 24.5 Å². The van der Waals surface area contributed by atoms with E-state index in [1.165, 1.54) is 12.3 Å². The number of halogens is 4. The molecule has 1 saturated heterocycles. The minimum Gasteiger partial charge on any atom is -0.353 e. The fourth-order valence-electron chi connectivity index (χ4n) is 4.15. The number of pyridine rings is 1. The van der Waals surface area contributed by atoms with Crippen LogP contribution >= 0.6 is 11.6 Å². The lowest BCUT2D eigenvalue weighted by Crippen LogP contribution is -2.41. The minimum absolute atomic E-state index is 0.0177. The molecule has 2 aliphatic carbocycles. The Hall–Kier alpha value is -2.95. The molecule has 0 aromatic carbocycles. The maximum atomic E-state index is 12.9. The van der Waals surface area contributed by atoms with Gasteiger partial charge in [-0.3, -0.25) is 14.9 Å². The van der Waals surface area contributed by atoms with Crippen molar-refractivity contribution in [3.63, 3.8) is 0 Å². The molecule has 1 atom stereocenters. The van der Waals surface area contributed by atoms with Gasteiger partial charge in [0.25, 0.3) is 5.91 Å². The van der Waals surface area contributed by atoms with Crippen molar-refractivity contribution in [1.82, 2.24) is 20.3 Å². The predicted octanol–water partition coefficient (Wildman–Crippen LogP) is 3.29. The van der Waals surface area contributed by atoms with E-state index in [0.717, 1.165) is 37.9 Å². The third-order valence-electron chi connectivity index (χ3n) is 6.37. The van der Waals surface area contributed by atoms with Gasteiger partial charge in [-0.1, -0.05) is 11.6 Å². The van der Waals surface area contributed by atoms with Crippen LogP contribution in [0.3, 0.4) is 0 Å². The van der Waals surface area contributed by atoms with Crippen LogP contribution < -0.4 is 15.5 Å². The van der Waals surface area contributed by atoms with Gasteiger partial charge >= 0.3 is 6.18 Å². The molecule has 3 heterocycles. The van der Waals surface area contributed by atoms with E-state index < -0.39 is 17.6 Å². The van der Waals surface area contributed by atoms with Crippen LogP contribution in [0, 0.1) is 11.3 Å². The van der Waals surface area contributed by atoms with Crippen molar-refractivity contribution in [3.8, 4) is 0 Å². The fraction of sp³-hybridized carbons (Fsp3) is 0.476. The Morgan fingerprint density at radius 1 is 1.21 bits per heavy atom. The maximum absolute atomic E-state index is 12.9. The van der Waals surface area contributed by atoms with Crippen molar-refractivity contribution >= 4 is 35.2 Å². The molecule has 5 rings (SSSR count). The summed E-state index contributed by atoms with van der Waals surface area (Å²) in [5.74, 6) is -0.244. The number of rotatable bonds is 5. The Morgan fingerprint density at radius 3 is 2.61 bits per heavy atom. The smallest absolute Gasteiger partial charge is 0.353 e. The molecule has 2 N–H and O–H groups in total. The molecule has 33 heavy (non-hydrogen) atoms. The number of alkyl halides is 3. The van der Waals surface area contributed by atoms with Crippen LogP contribution in [-0.2, 0) is 11.0 Å². The standard InChI is InChI=1S/C21H20ClF3N6O2/c22-13-7-12(21(23,24)25)8-27-16(13)31-9-15(20(10-31)4-5-20)29-18(33)14-3-6-26-19(28-14)30-17(32)11-1-2-11/h3,6-8,11,15H,1-2,4-5,9-10H2,(H,29,33)(H,26,28,30,32). The molecule has 2 saturated carbocycles. The first-order valence-corrected chi connectivity index (χ1v) is 10.9. The van der Waals surface area contributed by atoms with Gasteiger partial charge in [-0.15, -0.1) is 0 Å². The summed E-state index contributed by atoms with van der Waals surface area (Å²) in [5, 5.41) is 5.52. The lowest BCUT2D eigenvalue weighted by atomic mass is 10.0. The predicted molar refractivity (Wildman–Crippen MR) is 113 cm³/mol. The molecule has 0 bridgehead atoms. The van der Waals surface area contributed by atoms with Gasteiger partial charge in [0.05, 0.1) is 16.6 Å². The fourth-order valence-corrected chi connectivity index (χ4v) is 4.44. The number of carbonyl (C=O) groups excluding carboxylic acids is 2. The maximum Gasteiger partial charge on any atom is 0.417 e. The second kappa shape index (κ2) is 7.82. The highest BCUT2D eigenvalue weighted by molar-refractivity contribution is 6.33. The molecule has 1 unspecified atom stereocenters. The SMILES string of the molecule is O=C(NC1CN(c2ncc(C(F)(F)F)cc2Cl)CC12CC2)c1ccnc(NC(=O)C2CC2)n1. The molecule has 2 amide bonds. The monoisotopic (exact) mass is 480 g/mol. The number of nitrogens with zero attached hydrogens (tertiary/aromatic N) is 4. The number of amides is 2. The first-order chi connectivity index (χ1) is 15.6. The topological polar surface area (TPSA) is 100 Å². The summed E-state index contributed by atoms with van der Waals surface area (Å²) in [6.07, 6.45) is 1.07. The number of carbonyl (C=O) groups is 2. The Kier molecular flexibility index (Phi) is 5.19. The molecule has 3 aliphatic rings. The van der Waals surface area contributed by atoms with Crippen LogP contribution in [0.25, 0.3) is 0 Å². The van der Waals surface area contributed by atoms with E-state index in [9.17, 15) is 22.8 Å². The number of hydrogen-bond acceptors (Lipinski definition) is 6. The van der Waals surface area contributed by atoms with Crippen LogP contribution in [0.2, 0.25) is 5.02 Å². The van der Waals surface area contributed by atoms with Gasteiger partial charge in [0.15, 0.2) is 0 Å². The molecule has 2 aromatic heterocycles. The normalized spacial score (nSPS) is 21.2. The lowest BCUT2D eigenvalue weighted by molar-refractivity contribution is -0.137. The summed E-state index contributed by atoms with van der Waals surface area (Å²) in [4.78, 5) is 38.7.